The van der Waals surface area contributed by atoms with E-state index in [1.165, 1.54) is 10.5 Å². The van der Waals surface area contributed by atoms with Gasteiger partial charge in [-0.1, -0.05) is 35.5 Å². The standard InChI is InChI=1S/C22H20F4N4O/c23-17-6-8-18(9-7-17)30-20(22(24,25)26)19(27-28-30)21(31)29-12-10-16(11-13-29)14-15-4-2-1-3-5-15/h1-9,16H,10-14H2. The van der Waals surface area contributed by atoms with Crippen LogP contribution in [0.25, 0.3) is 5.69 Å². The molecule has 1 saturated heterocycles. The number of hydrogen-bond acceptors (Lipinski definition) is 3. The van der Waals surface area contributed by atoms with Gasteiger partial charge in [0.05, 0.1) is 5.69 Å². The lowest BCUT2D eigenvalue weighted by Gasteiger charge is -2.31. The fraction of sp³-hybridized carbons (Fsp3) is 0.318. The summed E-state index contributed by atoms with van der Waals surface area (Å²) in [5, 5.41) is 7.10. The molecule has 1 amide bonds. The number of rotatable bonds is 4. The first-order chi connectivity index (χ1) is 14.8. The summed E-state index contributed by atoms with van der Waals surface area (Å²) in [4.78, 5) is 14.3. The van der Waals surface area contributed by atoms with Crippen LogP contribution in [0.15, 0.2) is 54.6 Å². The van der Waals surface area contributed by atoms with Crippen molar-refractivity contribution in [3.63, 3.8) is 0 Å². The molecule has 0 bridgehead atoms. The molecule has 2 aromatic carbocycles. The van der Waals surface area contributed by atoms with Gasteiger partial charge in [-0.2, -0.15) is 13.2 Å². The van der Waals surface area contributed by atoms with E-state index in [2.05, 4.69) is 10.3 Å². The Balaban J connectivity index is 1.52. The van der Waals surface area contributed by atoms with Crippen molar-refractivity contribution >= 4 is 5.91 Å². The van der Waals surface area contributed by atoms with Crippen LogP contribution in [0.2, 0.25) is 0 Å². The zero-order valence-electron chi connectivity index (χ0n) is 16.5. The highest BCUT2D eigenvalue weighted by atomic mass is 19.4. The summed E-state index contributed by atoms with van der Waals surface area (Å²) >= 11 is 0. The van der Waals surface area contributed by atoms with E-state index in [-0.39, 0.29) is 5.69 Å². The normalized spacial score (nSPS) is 15.3. The highest BCUT2D eigenvalue weighted by molar-refractivity contribution is 5.93. The fourth-order valence-corrected chi connectivity index (χ4v) is 3.88. The van der Waals surface area contributed by atoms with Gasteiger partial charge in [0.1, 0.15) is 5.82 Å². The molecule has 31 heavy (non-hydrogen) atoms. The fourth-order valence-electron chi connectivity index (χ4n) is 3.88. The third kappa shape index (κ3) is 4.60. The van der Waals surface area contributed by atoms with Crippen molar-refractivity contribution in [2.75, 3.05) is 13.1 Å². The second-order valence-corrected chi connectivity index (χ2v) is 7.60. The molecule has 1 aromatic heterocycles. The van der Waals surface area contributed by atoms with E-state index < -0.39 is 29.3 Å². The number of alkyl halides is 3. The molecule has 4 rings (SSSR count). The molecular weight excluding hydrogens is 412 g/mol. The molecule has 5 nitrogen and oxygen atoms in total. The van der Waals surface area contributed by atoms with Gasteiger partial charge in [0.25, 0.3) is 5.91 Å². The van der Waals surface area contributed by atoms with Crippen molar-refractivity contribution in [3.8, 4) is 5.69 Å². The minimum atomic E-state index is -4.85. The maximum Gasteiger partial charge on any atom is 0.435 e. The topological polar surface area (TPSA) is 51.0 Å². The number of piperidine rings is 1. The Morgan fingerprint density at radius 3 is 2.26 bits per heavy atom. The van der Waals surface area contributed by atoms with E-state index in [0.29, 0.717) is 36.5 Å². The molecule has 2 heterocycles. The Bertz CT molecular complexity index is 1040. The van der Waals surface area contributed by atoms with E-state index >= 15 is 0 Å². The van der Waals surface area contributed by atoms with Gasteiger partial charge in [0.2, 0.25) is 0 Å². The van der Waals surface area contributed by atoms with E-state index in [9.17, 15) is 22.4 Å². The third-order valence-electron chi connectivity index (χ3n) is 5.48. The van der Waals surface area contributed by atoms with E-state index in [1.807, 2.05) is 30.3 Å². The second-order valence-electron chi connectivity index (χ2n) is 7.60. The summed E-state index contributed by atoms with van der Waals surface area (Å²) in [5.74, 6) is -1.02. The largest absolute Gasteiger partial charge is 0.435 e. The molecule has 0 spiro atoms. The summed E-state index contributed by atoms with van der Waals surface area (Å²) in [6.45, 7) is 0.716. The van der Waals surface area contributed by atoms with Crippen molar-refractivity contribution in [3.05, 3.63) is 77.4 Å². The first kappa shape index (κ1) is 21.0. The molecule has 0 saturated carbocycles. The maximum atomic E-state index is 13.8. The molecule has 1 aliphatic heterocycles. The number of aromatic nitrogens is 3. The first-order valence-corrected chi connectivity index (χ1v) is 9.95. The number of nitrogens with zero attached hydrogens (tertiary/aromatic N) is 4. The van der Waals surface area contributed by atoms with Crippen molar-refractivity contribution in [2.45, 2.75) is 25.4 Å². The van der Waals surface area contributed by atoms with Crippen LogP contribution in [-0.2, 0) is 12.6 Å². The van der Waals surface area contributed by atoms with Gasteiger partial charge in [0, 0.05) is 13.1 Å². The maximum absolute atomic E-state index is 13.8. The monoisotopic (exact) mass is 432 g/mol. The Morgan fingerprint density at radius 2 is 1.65 bits per heavy atom. The molecule has 0 radical (unpaired) electrons. The van der Waals surface area contributed by atoms with E-state index in [4.69, 9.17) is 0 Å². The van der Waals surface area contributed by atoms with Crippen LogP contribution in [-0.4, -0.2) is 38.9 Å². The van der Waals surface area contributed by atoms with Gasteiger partial charge in [0.15, 0.2) is 11.4 Å². The zero-order valence-corrected chi connectivity index (χ0v) is 16.5. The quantitative estimate of drug-likeness (QED) is 0.570. The average molecular weight is 432 g/mol. The summed E-state index contributed by atoms with van der Waals surface area (Å²) in [6.07, 6.45) is -2.58. The van der Waals surface area contributed by atoms with Gasteiger partial charge in [-0.3, -0.25) is 4.79 Å². The Kier molecular flexibility index (Phi) is 5.75. The number of carbonyl (C=O) groups is 1. The van der Waals surface area contributed by atoms with Crippen LogP contribution in [0.3, 0.4) is 0 Å². The molecule has 0 atom stereocenters. The van der Waals surface area contributed by atoms with Gasteiger partial charge in [-0.05, 0) is 55.0 Å². The van der Waals surface area contributed by atoms with Gasteiger partial charge in [-0.15, -0.1) is 5.10 Å². The van der Waals surface area contributed by atoms with Crippen LogP contribution < -0.4 is 0 Å². The molecule has 1 aliphatic rings. The Hall–Kier alpha value is -3.23. The lowest BCUT2D eigenvalue weighted by Crippen LogP contribution is -2.40. The number of amides is 1. The molecular formula is C22H20F4N4O. The number of likely N-dealkylation sites (tertiary alicyclic amines) is 1. The summed E-state index contributed by atoms with van der Waals surface area (Å²) in [6, 6.07) is 14.3. The van der Waals surface area contributed by atoms with Crippen molar-refractivity contribution in [1.82, 2.24) is 19.9 Å². The van der Waals surface area contributed by atoms with Crippen molar-refractivity contribution in [2.24, 2.45) is 5.92 Å². The van der Waals surface area contributed by atoms with E-state index in [1.54, 1.807) is 0 Å². The van der Waals surface area contributed by atoms with Crippen LogP contribution in [0.4, 0.5) is 17.6 Å². The molecule has 0 aliphatic carbocycles. The molecule has 0 N–H and O–H groups in total. The van der Waals surface area contributed by atoms with Crippen LogP contribution in [0, 0.1) is 11.7 Å². The van der Waals surface area contributed by atoms with Crippen LogP contribution in [0.5, 0.6) is 0 Å². The smallest absolute Gasteiger partial charge is 0.337 e. The number of carbonyl (C=O) groups excluding carboxylic acids is 1. The predicted octanol–water partition coefficient (Wildman–Crippen LogP) is 4.52. The summed E-state index contributed by atoms with van der Waals surface area (Å²) < 4.78 is 55.1. The summed E-state index contributed by atoms with van der Waals surface area (Å²) in [5.41, 5.74) is -0.815. The molecule has 0 unspecified atom stereocenters. The Labute approximate surface area is 176 Å². The molecule has 162 valence electrons. The minimum absolute atomic E-state index is 0.0261. The van der Waals surface area contributed by atoms with Crippen LogP contribution in [0.1, 0.15) is 34.6 Å². The second kappa shape index (κ2) is 8.49. The van der Waals surface area contributed by atoms with Gasteiger partial charge < -0.3 is 4.90 Å². The zero-order chi connectivity index (χ0) is 22.0. The summed E-state index contributed by atoms with van der Waals surface area (Å²) in [7, 11) is 0. The predicted molar refractivity (Wildman–Crippen MR) is 105 cm³/mol. The lowest BCUT2D eigenvalue weighted by atomic mass is 9.90. The number of hydrogen-bond donors (Lipinski definition) is 0. The minimum Gasteiger partial charge on any atom is -0.337 e. The Morgan fingerprint density at radius 1 is 1.00 bits per heavy atom. The van der Waals surface area contributed by atoms with Crippen molar-refractivity contribution < 1.29 is 22.4 Å². The number of halogens is 4. The highest BCUT2D eigenvalue weighted by Gasteiger charge is 2.43. The highest BCUT2D eigenvalue weighted by Crippen LogP contribution is 2.34. The third-order valence-corrected chi connectivity index (χ3v) is 5.48. The van der Waals surface area contributed by atoms with Crippen molar-refractivity contribution in [1.29, 1.82) is 0 Å². The lowest BCUT2D eigenvalue weighted by molar-refractivity contribution is -0.143. The molecule has 9 heteroatoms. The molecule has 1 fully saturated rings. The average Bonchev–Trinajstić information content (AvgIpc) is 3.21. The van der Waals surface area contributed by atoms with Gasteiger partial charge >= 0.3 is 6.18 Å². The van der Waals surface area contributed by atoms with Crippen LogP contribution >= 0.6 is 0 Å². The SMILES string of the molecule is O=C(c1nnn(-c2ccc(F)cc2)c1C(F)(F)F)N1CCC(Cc2ccccc2)CC1. The first-order valence-electron chi connectivity index (χ1n) is 9.95. The molecule has 3 aromatic rings. The van der Waals surface area contributed by atoms with E-state index in [0.717, 1.165) is 30.7 Å². The van der Waals surface area contributed by atoms with Gasteiger partial charge in [-0.25, -0.2) is 9.07 Å². The number of benzene rings is 2.